The Bertz CT molecular complexity index is 1560. The van der Waals surface area contributed by atoms with Crippen molar-refractivity contribution in [2.75, 3.05) is 40.3 Å². The summed E-state index contributed by atoms with van der Waals surface area (Å²) in [6.45, 7) is 20.4. The molecular formula is C47H74N6O4. The highest BCUT2D eigenvalue weighted by atomic mass is 16.6. The van der Waals surface area contributed by atoms with Gasteiger partial charge in [0.15, 0.2) is 0 Å². The van der Waals surface area contributed by atoms with Crippen molar-refractivity contribution >= 4 is 17.9 Å². The summed E-state index contributed by atoms with van der Waals surface area (Å²) in [5.41, 5.74) is 2.13. The lowest BCUT2D eigenvalue weighted by Gasteiger charge is -2.32. The fourth-order valence-electron chi connectivity index (χ4n) is 9.75. The van der Waals surface area contributed by atoms with Crippen molar-refractivity contribution in [3.8, 4) is 0 Å². The van der Waals surface area contributed by atoms with Crippen LogP contribution in [0, 0.1) is 35.5 Å². The van der Waals surface area contributed by atoms with Crippen LogP contribution in [-0.2, 0) is 27.4 Å². The molecule has 2 heterocycles. The minimum absolute atomic E-state index is 0.0563. The average molecular weight is 787 g/mol. The third-order valence-electron chi connectivity index (χ3n) is 12.5. The molecular weight excluding hydrogens is 713 g/mol. The minimum Gasteiger partial charge on any atom is -0.444 e. The first kappa shape index (κ1) is 44.6. The molecule has 2 aliphatic carbocycles. The number of likely N-dealkylation sites (N-methyl/N-ethyl adjacent to an activating group) is 2. The molecule has 3 N–H and O–H groups in total. The molecule has 2 saturated carbocycles. The van der Waals surface area contributed by atoms with Crippen molar-refractivity contribution in [1.82, 2.24) is 30.7 Å². The van der Waals surface area contributed by atoms with Crippen LogP contribution in [0.3, 0.4) is 0 Å². The van der Waals surface area contributed by atoms with Gasteiger partial charge in [-0.05, 0) is 113 Å². The average Bonchev–Trinajstić information content (AvgIpc) is 3.93. The van der Waals surface area contributed by atoms with Crippen LogP contribution in [0.2, 0.25) is 0 Å². The largest absolute Gasteiger partial charge is 0.444 e. The topological polar surface area (TPSA) is 106 Å². The Hall–Kier alpha value is -3.47. The summed E-state index contributed by atoms with van der Waals surface area (Å²) in [7, 11) is 3.57. The van der Waals surface area contributed by atoms with Crippen LogP contribution in [0.4, 0.5) is 4.79 Å². The van der Waals surface area contributed by atoms with E-state index in [1.54, 1.807) is 7.05 Å². The first-order chi connectivity index (χ1) is 27.1. The predicted octanol–water partition coefficient (Wildman–Crippen LogP) is 6.94. The number of amides is 3. The lowest BCUT2D eigenvalue weighted by atomic mass is 9.96. The van der Waals surface area contributed by atoms with Crippen molar-refractivity contribution in [2.24, 2.45) is 35.5 Å². The summed E-state index contributed by atoms with van der Waals surface area (Å²) >= 11 is 0. The smallest absolute Gasteiger partial charge is 0.410 e. The van der Waals surface area contributed by atoms with Gasteiger partial charge in [-0.3, -0.25) is 24.3 Å². The molecule has 0 spiro atoms. The number of fused-ring (bicyclic) bond motifs is 2. The minimum atomic E-state index is -0.588. The first-order valence-electron chi connectivity index (χ1n) is 21.9. The van der Waals surface area contributed by atoms with E-state index < -0.39 is 17.7 Å². The standard InChI is InChI=1S/C26H41N3O3.C21H33N3O/c1-18(2)14-23(28(6)25(31)32-26(3,4)5)24(30)27-22-13-12-20-16-29(17-21(20)22)15-19-10-8-7-9-11-19;1-15(2)11-20(22-3)21(25)23-19-10-9-17-13-24(14-18(17)19)12-16-7-5-4-6-8-16/h7-11,18,20-23H,12-17H2,1-6H3,(H,27,30);4-8,15,17-20,22H,9-14H2,1-3H3,(H,23,25)/t20-,21+,22+,23+;17-,18+,19+,20?/m11/s1. The number of rotatable bonds is 14. The highest BCUT2D eigenvalue weighted by molar-refractivity contribution is 5.86. The van der Waals surface area contributed by atoms with E-state index in [1.165, 1.54) is 29.0 Å². The molecule has 0 aromatic heterocycles. The number of ether oxygens (including phenoxy) is 1. The molecule has 2 aromatic rings. The Morgan fingerprint density at radius 3 is 1.58 bits per heavy atom. The normalized spacial score (nSPS) is 25.7. The molecule has 4 aliphatic rings. The van der Waals surface area contributed by atoms with Crippen molar-refractivity contribution in [2.45, 2.75) is 130 Å². The number of nitrogens with zero attached hydrogens (tertiary/aromatic N) is 3. The summed E-state index contributed by atoms with van der Waals surface area (Å²) in [4.78, 5) is 45.2. The van der Waals surface area contributed by atoms with E-state index in [1.807, 2.05) is 27.8 Å². The molecule has 316 valence electrons. The molecule has 8 atom stereocenters. The zero-order chi connectivity index (χ0) is 41.3. The summed E-state index contributed by atoms with van der Waals surface area (Å²) in [5, 5.41) is 9.87. The van der Waals surface area contributed by atoms with Crippen LogP contribution in [0.1, 0.15) is 98.1 Å². The zero-order valence-electron chi connectivity index (χ0n) is 36.5. The Balaban J connectivity index is 0.000000224. The van der Waals surface area contributed by atoms with E-state index in [0.29, 0.717) is 42.1 Å². The monoisotopic (exact) mass is 787 g/mol. The quantitative estimate of drug-likeness (QED) is 0.191. The van der Waals surface area contributed by atoms with Crippen LogP contribution in [0.25, 0.3) is 0 Å². The van der Waals surface area contributed by atoms with Gasteiger partial charge in [0.2, 0.25) is 11.8 Å². The predicted molar refractivity (Wildman–Crippen MR) is 229 cm³/mol. The molecule has 0 bridgehead atoms. The molecule has 4 fully saturated rings. The van der Waals surface area contributed by atoms with Gasteiger partial charge in [0.05, 0.1) is 6.04 Å². The lowest BCUT2D eigenvalue weighted by Crippen LogP contribution is -2.52. The van der Waals surface area contributed by atoms with Gasteiger partial charge in [-0.25, -0.2) is 4.79 Å². The molecule has 10 nitrogen and oxygen atoms in total. The Kier molecular flexibility index (Phi) is 16.0. The van der Waals surface area contributed by atoms with Crippen molar-refractivity contribution in [3.05, 3.63) is 71.8 Å². The highest BCUT2D eigenvalue weighted by Crippen LogP contribution is 2.40. The number of hydrogen-bond acceptors (Lipinski definition) is 7. The highest BCUT2D eigenvalue weighted by Gasteiger charge is 2.45. The summed E-state index contributed by atoms with van der Waals surface area (Å²) < 4.78 is 5.52. The summed E-state index contributed by atoms with van der Waals surface area (Å²) in [5.74, 6) is 3.41. The van der Waals surface area contributed by atoms with Gasteiger partial charge < -0.3 is 20.7 Å². The van der Waals surface area contributed by atoms with Crippen LogP contribution in [0.5, 0.6) is 0 Å². The van der Waals surface area contributed by atoms with Crippen LogP contribution in [0.15, 0.2) is 60.7 Å². The molecule has 10 heteroatoms. The van der Waals surface area contributed by atoms with Gasteiger partial charge in [0.25, 0.3) is 0 Å². The van der Waals surface area contributed by atoms with E-state index in [2.05, 4.69) is 114 Å². The Morgan fingerprint density at radius 1 is 0.702 bits per heavy atom. The fourth-order valence-corrected chi connectivity index (χ4v) is 9.75. The zero-order valence-corrected chi connectivity index (χ0v) is 36.5. The second-order valence-electron chi connectivity index (χ2n) is 19.3. The van der Waals surface area contributed by atoms with E-state index in [-0.39, 0.29) is 23.9 Å². The van der Waals surface area contributed by atoms with Crippen molar-refractivity contribution < 1.29 is 19.1 Å². The maximum atomic E-state index is 13.3. The molecule has 0 radical (unpaired) electrons. The van der Waals surface area contributed by atoms with Crippen LogP contribution >= 0.6 is 0 Å². The third kappa shape index (κ3) is 13.0. The van der Waals surface area contributed by atoms with Gasteiger partial charge in [-0.1, -0.05) is 88.4 Å². The van der Waals surface area contributed by atoms with E-state index in [0.717, 1.165) is 64.3 Å². The van der Waals surface area contributed by atoms with E-state index >= 15 is 0 Å². The van der Waals surface area contributed by atoms with Crippen LogP contribution < -0.4 is 16.0 Å². The summed E-state index contributed by atoms with van der Waals surface area (Å²) in [6.07, 6.45) is 5.61. The molecule has 6 rings (SSSR count). The Labute approximate surface area is 344 Å². The maximum Gasteiger partial charge on any atom is 0.410 e. The van der Waals surface area contributed by atoms with Gasteiger partial charge in [-0.2, -0.15) is 0 Å². The van der Waals surface area contributed by atoms with Crippen molar-refractivity contribution in [1.29, 1.82) is 0 Å². The van der Waals surface area contributed by atoms with Crippen molar-refractivity contribution in [3.63, 3.8) is 0 Å². The molecule has 3 amide bonds. The molecule has 57 heavy (non-hydrogen) atoms. The maximum absolute atomic E-state index is 13.3. The second-order valence-corrected chi connectivity index (χ2v) is 19.3. The van der Waals surface area contributed by atoms with Gasteiger partial charge >= 0.3 is 6.09 Å². The fraction of sp³-hybridized carbons (Fsp3) is 0.681. The number of carbonyl (C=O) groups excluding carboxylic acids is 3. The first-order valence-corrected chi connectivity index (χ1v) is 21.9. The van der Waals surface area contributed by atoms with Gasteiger partial charge in [0.1, 0.15) is 11.6 Å². The molecule has 2 aliphatic heterocycles. The third-order valence-corrected chi connectivity index (χ3v) is 12.5. The molecule has 1 unspecified atom stereocenters. The van der Waals surface area contributed by atoms with E-state index in [4.69, 9.17) is 4.74 Å². The number of hydrogen-bond donors (Lipinski definition) is 3. The second kappa shape index (κ2) is 20.5. The van der Waals surface area contributed by atoms with E-state index in [9.17, 15) is 14.4 Å². The Morgan fingerprint density at radius 2 is 1.16 bits per heavy atom. The summed E-state index contributed by atoms with van der Waals surface area (Å²) in [6, 6.07) is 21.2. The lowest BCUT2D eigenvalue weighted by molar-refractivity contribution is -0.127. The van der Waals surface area contributed by atoms with Crippen LogP contribution in [-0.4, -0.2) is 103 Å². The number of carbonyl (C=O) groups is 3. The number of nitrogens with one attached hydrogen (secondary N) is 3. The molecule has 2 saturated heterocycles. The van der Waals surface area contributed by atoms with Gasteiger partial charge in [0, 0.05) is 58.4 Å². The molecule has 2 aromatic carbocycles. The number of likely N-dealkylation sites (tertiary alicyclic amines) is 2. The number of benzene rings is 2. The SMILES string of the molecule is CC(C)C[C@@H](C(=O)N[C@H]1CC[C@@H]2CN(Cc3ccccc3)C[C@@H]21)N(C)C(=O)OC(C)(C)C.CNC(CC(C)C)C(=O)N[C@H]1CC[C@@H]2CN(Cc3ccccc3)C[C@@H]21. The van der Waals surface area contributed by atoms with Gasteiger partial charge in [-0.15, -0.1) is 0 Å².